The van der Waals surface area contributed by atoms with Crippen molar-refractivity contribution in [1.82, 2.24) is 9.80 Å². The number of carboxylic acid groups (broad SMARTS) is 1. The number of carbonyl (C=O) groups is 1. The summed E-state index contributed by atoms with van der Waals surface area (Å²) >= 11 is 0. The molecule has 2 unspecified atom stereocenters. The van der Waals surface area contributed by atoms with Gasteiger partial charge in [-0.05, 0) is 87.5 Å². The molecule has 0 amide bonds. The van der Waals surface area contributed by atoms with E-state index in [0.717, 1.165) is 29.5 Å². The van der Waals surface area contributed by atoms with Crippen LogP contribution in [-0.2, 0) is 17.8 Å². The molecule has 3 aromatic carbocycles. The van der Waals surface area contributed by atoms with Crippen molar-refractivity contribution in [2.45, 2.75) is 64.4 Å². The van der Waals surface area contributed by atoms with E-state index in [1.54, 1.807) is 0 Å². The predicted octanol–water partition coefficient (Wildman–Crippen LogP) is 6.61. The number of nitrogens with zero attached hydrogens (tertiary/aromatic N) is 3. The minimum atomic E-state index is -1.57. The second-order valence-corrected chi connectivity index (χ2v) is 13.8. The van der Waals surface area contributed by atoms with Crippen LogP contribution in [0.15, 0.2) is 60.7 Å². The van der Waals surface area contributed by atoms with E-state index in [1.807, 2.05) is 70.2 Å². The lowest BCUT2D eigenvalue weighted by atomic mass is 9.83. The molecule has 3 aromatic rings. The van der Waals surface area contributed by atoms with Crippen molar-refractivity contribution in [1.29, 1.82) is 0 Å². The molecule has 0 aromatic heterocycles. The van der Waals surface area contributed by atoms with Crippen molar-refractivity contribution in [3.8, 4) is 5.75 Å². The Morgan fingerprint density at radius 2 is 1.73 bits per heavy atom. The largest absolute Gasteiger partial charge is 0.489 e. The van der Waals surface area contributed by atoms with E-state index in [4.69, 9.17) is 4.74 Å². The number of fused-ring (bicyclic) bond motifs is 1. The summed E-state index contributed by atoms with van der Waals surface area (Å²) in [5, 5.41) is 9.20. The first-order valence-corrected chi connectivity index (χ1v) is 15.8. The fourth-order valence-electron chi connectivity index (χ4n) is 7.58. The molecule has 0 aliphatic carbocycles. The van der Waals surface area contributed by atoms with Crippen LogP contribution >= 0.6 is 0 Å². The van der Waals surface area contributed by atoms with Gasteiger partial charge in [0.15, 0.2) is 0 Å². The SMILES string of the molecule is C[C@@H]1Cc2cc(OCc3ccccc3)ccc2C(c2c(F)cc(N3CCC4(CCN(CC(=O)O)C4)C3)cc2F)N1CC(C)(C)F. The van der Waals surface area contributed by atoms with Gasteiger partial charge in [0.25, 0.3) is 0 Å². The molecule has 3 aliphatic rings. The van der Waals surface area contributed by atoms with Gasteiger partial charge in [-0.3, -0.25) is 14.6 Å². The van der Waals surface area contributed by atoms with Gasteiger partial charge in [0.05, 0.1) is 12.6 Å². The zero-order chi connectivity index (χ0) is 31.9. The predicted molar refractivity (Wildman–Crippen MR) is 168 cm³/mol. The molecule has 2 saturated heterocycles. The highest BCUT2D eigenvalue weighted by Crippen LogP contribution is 2.45. The van der Waals surface area contributed by atoms with E-state index in [9.17, 15) is 9.90 Å². The van der Waals surface area contributed by atoms with Gasteiger partial charge < -0.3 is 14.7 Å². The van der Waals surface area contributed by atoms with Crippen LogP contribution in [0.5, 0.6) is 5.75 Å². The second kappa shape index (κ2) is 12.3. The van der Waals surface area contributed by atoms with E-state index in [1.165, 1.54) is 26.0 Å². The molecule has 45 heavy (non-hydrogen) atoms. The Morgan fingerprint density at radius 3 is 2.42 bits per heavy atom. The number of hydrogen-bond acceptors (Lipinski definition) is 5. The van der Waals surface area contributed by atoms with Crippen molar-refractivity contribution in [2.75, 3.05) is 44.2 Å². The summed E-state index contributed by atoms with van der Waals surface area (Å²) in [5.41, 5.74) is 1.47. The van der Waals surface area contributed by atoms with Crippen molar-refractivity contribution >= 4 is 11.7 Å². The van der Waals surface area contributed by atoms with Crippen LogP contribution in [0.25, 0.3) is 0 Å². The maximum atomic E-state index is 16.3. The Kier molecular flexibility index (Phi) is 8.61. The summed E-state index contributed by atoms with van der Waals surface area (Å²) < 4.78 is 53.7. The smallest absolute Gasteiger partial charge is 0.317 e. The lowest BCUT2D eigenvalue weighted by Gasteiger charge is -2.44. The van der Waals surface area contributed by atoms with E-state index >= 15 is 13.2 Å². The zero-order valence-corrected chi connectivity index (χ0v) is 26.2. The quantitative estimate of drug-likeness (QED) is 0.290. The molecule has 9 heteroatoms. The number of aliphatic carboxylic acids is 1. The molecule has 6 rings (SSSR count). The number of ether oxygens (including phenoxy) is 1. The molecule has 0 radical (unpaired) electrons. The number of anilines is 1. The highest BCUT2D eigenvalue weighted by Gasteiger charge is 2.45. The van der Waals surface area contributed by atoms with Gasteiger partial charge >= 0.3 is 5.97 Å². The summed E-state index contributed by atoms with van der Waals surface area (Å²) in [5.74, 6) is -1.47. The van der Waals surface area contributed by atoms with Crippen LogP contribution in [0.1, 0.15) is 61.9 Å². The number of benzene rings is 3. The van der Waals surface area contributed by atoms with E-state index in [-0.39, 0.29) is 30.1 Å². The van der Waals surface area contributed by atoms with Crippen LogP contribution < -0.4 is 9.64 Å². The number of halogens is 3. The molecule has 1 N–H and O–H groups in total. The van der Waals surface area contributed by atoms with Crippen LogP contribution in [0.3, 0.4) is 0 Å². The molecule has 3 atom stereocenters. The minimum absolute atomic E-state index is 0.00776. The molecule has 3 heterocycles. The van der Waals surface area contributed by atoms with Crippen molar-refractivity contribution in [2.24, 2.45) is 5.41 Å². The summed E-state index contributed by atoms with van der Waals surface area (Å²) in [4.78, 5) is 17.0. The fourth-order valence-corrected chi connectivity index (χ4v) is 7.58. The van der Waals surface area contributed by atoms with Gasteiger partial charge in [-0.1, -0.05) is 36.4 Å². The normalized spacial score (nSPS) is 23.9. The molecular formula is C36H42F3N3O3. The van der Waals surface area contributed by atoms with Crippen LogP contribution in [0, 0.1) is 17.0 Å². The number of alkyl halides is 1. The van der Waals surface area contributed by atoms with E-state index in [0.29, 0.717) is 50.6 Å². The third-order valence-electron chi connectivity index (χ3n) is 9.65. The van der Waals surface area contributed by atoms with E-state index < -0.39 is 29.3 Å². The first kappa shape index (κ1) is 31.4. The molecule has 0 saturated carbocycles. The molecular weight excluding hydrogens is 579 g/mol. The lowest BCUT2D eigenvalue weighted by molar-refractivity contribution is -0.138. The second-order valence-electron chi connectivity index (χ2n) is 13.8. The number of hydrogen-bond donors (Lipinski definition) is 1. The summed E-state index contributed by atoms with van der Waals surface area (Å²) in [7, 11) is 0. The Balaban J connectivity index is 1.29. The Morgan fingerprint density at radius 1 is 1.02 bits per heavy atom. The average Bonchev–Trinajstić information content (AvgIpc) is 3.58. The third kappa shape index (κ3) is 6.84. The molecule has 3 aliphatic heterocycles. The molecule has 1 spiro atoms. The number of likely N-dealkylation sites (tertiary alicyclic amines) is 1. The Labute approximate surface area is 263 Å². The number of carboxylic acids is 1. The lowest BCUT2D eigenvalue weighted by Crippen LogP contribution is -2.48. The van der Waals surface area contributed by atoms with Crippen molar-refractivity contribution < 1.29 is 27.8 Å². The van der Waals surface area contributed by atoms with Gasteiger partial charge in [-0.25, -0.2) is 13.2 Å². The standard InChI is InChI=1S/C36H42F3N3O3/c1-24-15-26-16-28(45-20-25-7-5-4-6-8-25)9-10-29(26)34(42(24)21-35(2,3)39)33-30(37)17-27(18-31(33)38)41-14-12-36(23-41)11-13-40(22-36)19-32(43)44/h4-10,16-18,24,34H,11-15,19-23H2,1-3H3,(H,43,44)/t24-,34?,36?/m1/s1. The number of rotatable bonds is 9. The highest BCUT2D eigenvalue weighted by atomic mass is 19.1. The molecule has 6 nitrogen and oxygen atoms in total. The maximum Gasteiger partial charge on any atom is 0.317 e. The van der Waals surface area contributed by atoms with Gasteiger partial charge in [0.2, 0.25) is 0 Å². The van der Waals surface area contributed by atoms with Crippen molar-refractivity contribution in [3.05, 3.63) is 94.6 Å². The monoisotopic (exact) mass is 621 g/mol. The van der Waals surface area contributed by atoms with Gasteiger partial charge in [0, 0.05) is 48.9 Å². The average molecular weight is 622 g/mol. The van der Waals surface area contributed by atoms with Gasteiger partial charge in [0.1, 0.15) is 29.7 Å². The minimum Gasteiger partial charge on any atom is -0.489 e. The summed E-state index contributed by atoms with van der Waals surface area (Å²) in [6.07, 6.45) is 2.30. The Bertz CT molecular complexity index is 1520. The highest BCUT2D eigenvalue weighted by molar-refractivity contribution is 5.69. The van der Waals surface area contributed by atoms with Crippen LogP contribution in [-0.4, -0.2) is 71.9 Å². The zero-order valence-electron chi connectivity index (χ0n) is 26.2. The molecule has 0 bridgehead atoms. The van der Waals surface area contributed by atoms with Gasteiger partial charge in [-0.15, -0.1) is 0 Å². The Hall–Kier alpha value is -3.56. The molecule has 240 valence electrons. The summed E-state index contributed by atoms with van der Waals surface area (Å²) in [6, 6.07) is 17.3. The third-order valence-corrected chi connectivity index (χ3v) is 9.65. The first-order valence-electron chi connectivity index (χ1n) is 15.8. The first-order chi connectivity index (χ1) is 21.4. The van der Waals surface area contributed by atoms with Crippen LogP contribution in [0.2, 0.25) is 0 Å². The fraction of sp³-hybridized carbons (Fsp3) is 0.472. The summed E-state index contributed by atoms with van der Waals surface area (Å²) in [6.45, 7) is 8.04. The topological polar surface area (TPSA) is 56.3 Å². The molecule has 2 fully saturated rings. The van der Waals surface area contributed by atoms with Crippen molar-refractivity contribution in [3.63, 3.8) is 0 Å². The maximum absolute atomic E-state index is 16.3. The van der Waals surface area contributed by atoms with E-state index in [2.05, 4.69) is 0 Å². The van der Waals surface area contributed by atoms with Gasteiger partial charge in [-0.2, -0.15) is 0 Å². The van der Waals surface area contributed by atoms with Crippen LogP contribution in [0.4, 0.5) is 18.9 Å².